The maximum absolute atomic E-state index is 12.1. The van der Waals surface area contributed by atoms with Crippen LogP contribution in [0.25, 0.3) is 0 Å². The second kappa shape index (κ2) is 5.93. The Morgan fingerprint density at radius 1 is 1.33 bits per heavy atom. The molecule has 2 N–H and O–H groups in total. The number of hydrogen-bond donors (Lipinski definition) is 2. The zero-order chi connectivity index (χ0) is 19.8. The van der Waals surface area contributed by atoms with Gasteiger partial charge in [-0.3, -0.25) is 4.79 Å². The highest BCUT2D eigenvalue weighted by molar-refractivity contribution is 5.91. The summed E-state index contributed by atoms with van der Waals surface area (Å²) in [5.74, 6) is 1.84. The summed E-state index contributed by atoms with van der Waals surface area (Å²) in [5.41, 5.74) is -0.378. The Balaban J connectivity index is 1.77. The number of aliphatic hydroxyl groups is 2. The van der Waals surface area contributed by atoms with Crippen LogP contribution >= 0.6 is 0 Å². The van der Waals surface area contributed by atoms with Gasteiger partial charge in [0, 0.05) is 11.8 Å². The van der Waals surface area contributed by atoms with Crippen LogP contribution in [-0.2, 0) is 9.53 Å². The number of rotatable bonds is 2. The predicted octanol–water partition coefficient (Wildman–Crippen LogP) is 3.63. The van der Waals surface area contributed by atoms with Crippen molar-refractivity contribution >= 4 is 5.78 Å². The van der Waals surface area contributed by atoms with E-state index in [9.17, 15) is 15.0 Å². The molecule has 0 aromatic rings. The molecule has 0 aromatic carbocycles. The topological polar surface area (TPSA) is 66.8 Å². The van der Waals surface area contributed by atoms with E-state index in [1.165, 1.54) is 5.57 Å². The molecule has 4 nitrogen and oxygen atoms in total. The van der Waals surface area contributed by atoms with Crippen molar-refractivity contribution in [2.24, 2.45) is 34.5 Å². The minimum absolute atomic E-state index is 0.115. The van der Waals surface area contributed by atoms with Gasteiger partial charge in [0.05, 0.1) is 13.2 Å². The van der Waals surface area contributed by atoms with Crippen molar-refractivity contribution in [3.05, 3.63) is 24.0 Å². The molecule has 0 radical (unpaired) electrons. The molecule has 3 fully saturated rings. The third-order valence-corrected chi connectivity index (χ3v) is 9.07. The molecule has 0 bridgehead atoms. The lowest BCUT2D eigenvalue weighted by atomic mass is 9.44. The lowest BCUT2D eigenvalue weighted by molar-refractivity contribution is -0.173. The monoisotopic (exact) mass is 374 g/mol. The van der Waals surface area contributed by atoms with E-state index in [-0.39, 0.29) is 17.1 Å². The van der Waals surface area contributed by atoms with E-state index >= 15 is 0 Å². The minimum atomic E-state index is -1.08. The van der Waals surface area contributed by atoms with Crippen LogP contribution in [0.3, 0.4) is 0 Å². The van der Waals surface area contributed by atoms with Gasteiger partial charge < -0.3 is 14.9 Å². The smallest absolute Gasteiger partial charge is 0.155 e. The van der Waals surface area contributed by atoms with Crippen LogP contribution in [0.4, 0.5) is 0 Å². The van der Waals surface area contributed by atoms with Crippen molar-refractivity contribution in [2.75, 3.05) is 7.11 Å². The summed E-state index contributed by atoms with van der Waals surface area (Å²) in [4.78, 5) is 12.1. The van der Waals surface area contributed by atoms with Crippen molar-refractivity contribution in [3.63, 3.8) is 0 Å². The van der Waals surface area contributed by atoms with Crippen LogP contribution in [0, 0.1) is 34.5 Å². The fraction of sp³-hybridized carbons (Fsp3) is 0.783. The highest BCUT2D eigenvalue weighted by atomic mass is 16.5. The van der Waals surface area contributed by atoms with Crippen molar-refractivity contribution in [1.29, 1.82) is 0 Å². The number of allylic oxidation sites excluding steroid dienone is 1. The number of methoxy groups -OCH3 is 1. The van der Waals surface area contributed by atoms with Crippen LogP contribution in [0.2, 0.25) is 0 Å². The summed E-state index contributed by atoms with van der Waals surface area (Å²) in [5, 5.41) is 22.9. The molecule has 150 valence electrons. The van der Waals surface area contributed by atoms with E-state index in [2.05, 4.69) is 27.4 Å². The lowest BCUT2D eigenvalue weighted by Gasteiger charge is -2.62. The largest absolute Gasteiger partial charge is 0.499 e. The number of carbonyl (C=O) groups excluding carboxylic acids is 1. The van der Waals surface area contributed by atoms with E-state index in [1.807, 2.05) is 6.08 Å². The molecule has 4 aliphatic carbocycles. The standard InChI is InChI=1S/C23H34O4/c1-13-10-16-17-7-9-23(26,14(2)27-5)22(17,4)12-19(25)20(16)21(3)8-6-15(24)11-18(13)21/h11,13,16-17,19-20,25-26H,2,6-10,12H2,1,3-5H3/t13?,16-,17-,19?,20+,21-,22-,23-/m0/s1. The highest BCUT2D eigenvalue weighted by Crippen LogP contribution is 2.69. The summed E-state index contributed by atoms with van der Waals surface area (Å²) in [6.07, 6.45) is 5.91. The number of hydrogen-bond acceptors (Lipinski definition) is 4. The second-order valence-corrected chi connectivity index (χ2v) is 10.1. The van der Waals surface area contributed by atoms with Gasteiger partial charge in [-0.25, -0.2) is 0 Å². The fourth-order valence-electron chi connectivity index (χ4n) is 7.75. The van der Waals surface area contributed by atoms with Crippen LogP contribution in [0.5, 0.6) is 0 Å². The number of ether oxygens (including phenoxy) is 1. The molecule has 0 aliphatic heterocycles. The molecule has 8 atom stereocenters. The van der Waals surface area contributed by atoms with Gasteiger partial charge in [0.1, 0.15) is 11.4 Å². The van der Waals surface area contributed by atoms with Gasteiger partial charge in [-0.2, -0.15) is 0 Å². The quantitative estimate of drug-likeness (QED) is 0.725. The number of aliphatic hydroxyl groups excluding tert-OH is 1. The summed E-state index contributed by atoms with van der Waals surface area (Å²) in [6.45, 7) is 10.6. The molecule has 0 spiro atoms. The summed E-state index contributed by atoms with van der Waals surface area (Å²) in [7, 11) is 1.57. The first-order chi connectivity index (χ1) is 12.6. The van der Waals surface area contributed by atoms with Gasteiger partial charge >= 0.3 is 0 Å². The van der Waals surface area contributed by atoms with Gasteiger partial charge in [-0.1, -0.05) is 32.9 Å². The molecular weight excluding hydrogens is 340 g/mol. The van der Waals surface area contributed by atoms with E-state index in [0.29, 0.717) is 42.8 Å². The first-order valence-electron chi connectivity index (χ1n) is 10.5. The Hall–Kier alpha value is -1.13. The minimum Gasteiger partial charge on any atom is -0.499 e. The van der Waals surface area contributed by atoms with Gasteiger partial charge in [0.25, 0.3) is 0 Å². The zero-order valence-corrected chi connectivity index (χ0v) is 17.1. The zero-order valence-electron chi connectivity index (χ0n) is 17.1. The predicted molar refractivity (Wildman–Crippen MR) is 104 cm³/mol. The van der Waals surface area contributed by atoms with E-state index in [0.717, 1.165) is 19.3 Å². The molecule has 27 heavy (non-hydrogen) atoms. The number of fused-ring (bicyclic) bond motifs is 5. The van der Waals surface area contributed by atoms with Crippen molar-refractivity contribution in [1.82, 2.24) is 0 Å². The molecule has 2 unspecified atom stereocenters. The molecular formula is C23H34O4. The molecule has 3 saturated carbocycles. The Labute approximate surface area is 162 Å². The van der Waals surface area contributed by atoms with Gasteiger partial charge in [0.15, 0.2) is 5.78 Å². The van der Waals surface area contributed by atoms with Crippen LogP contribution in [0.15, 0.2) is 24.0 Å². The molecule has 0 saturated heterocycles. The number of carbonyl (C=O) groups is 1. The Bertz CT molecular complexity index is 711. The van der Waals surface area contributed by atoms with Crippen LogP contribution in [0.1, 0.15) is 59.3 Å². The number of ketones is 1. The molecule has 0 aromatic heterocycles. The lowest BCUT2D eigenvalue weighted by Crippen LogP contribution is -2.61. The van der Waals surface area contributed by atoms with Gasteiger partial charge in [0.2, 0.25) is 0 Å². The van der Waals surface area contributed by atoms with E-state index in [4.69, 9.17) is 4.74 Å². The molecule has 4 rings (SSSR count). The molecule has 0 heterocycles. The molecule has 0 amide bonds. The third-order valence-electron chi connectivity index (χ3n) is 9.07. The van der Waals surface area contributed by atoms with Crippen molar-refractivity contribution < 1.29 is 19.7 Å². The maximum atomic E-state index is 12.1. The van der Waals surface area contributed by atoms with E-state index in [1.54, 1.807) is 7.11 Å². The summed E-state index contributed by atoms with van der Waals surface area (Å²) >= 11 is 0. The molecule has 4 heteroatoms. The Morgan fingerprint density at radius 3 is 2.70 bits per heavy atom. The Morgan fingerprint density at radius 2 is 2.04 bits per heavy atom. The first kappa shape index (κ1) is 19.2. The summed E-state index contributed by atoms with van der Waals surface area (Å²) < 4.78 is 5.39. The first-order valence-corrected chi connectivity index (χ1v) is 10.5. The second-order valence-electron chi connectivity index (χ2n) is 10.1. The third kappa shape index (κ3) is 2.32. The SMILES string of the molecule is C=C(OC)[C@@]1(O)CC[C@H]2[C@@H]3CC(C)C4=CC(=O)CC[C@]4(C)[C@H]3C(O)C[C@@]21C. The molecule has 4 aliphatic rings. The van der Waals surface area contributed by atoms with Gasteiger partial charge in [-0.15, -0.1) is 0 Å². The normalized spacial score (nSPS) is 51.7. The average Bonchev–Trinajstić information content (AvgIpc) is 2.87. The van der Waals surface area contributed by atoms with Crippen LogP contribution in [-0.4, -0.2) is 34.8 Å². The van der Waals surface area contributed by atoms with E-state index < -0.39 is 17.1 Å². The fourth-order valence-corrected chi connectivity index (χ4v) is 7.75. The summed E-state index contributed by atoms with van der Waals surface area (Å²) in [6, 6.07) is 0. The van der Waals surface area contributed by atoms with Crippen LogP contribution < -0.4 is 0 Å². The Kier molecular flexibility index (Phi) is 4.22. The maximum Gasteiger partial charge on any atom is 0.155 e. The average molecular weight is 375 g/mol. The van der Waals surface area contributed by atoms with Gasteiger partial charge in [-0.05, 0) is 67.3 Å². The van der Waals surface area contributed by atoms with Crippen molar-refractivity contribution in [2.45, 2.75) is 71.0 Å². The van der Waals surface area contributed by atoms with Crippen molar-refractivity contribution in [3.8, 4) is 0 Å². The highest BCUT2D eigenvalue weighted by Gasteiger charge is 2.68.